The fraction of sp³-hybridized carbons (Fsp3) is 0.600. The van der Waals surface area contributed by atoms with Crippen molar-refractivity contribution in [1.29, 1.82) is 0 Å². The molecule has 2 aromatic rings. The van der Waals surface area contributed by atoms with Gasteiger partial charge < -0.3 is 4.90 Å². The molecule has 2 aliphatic heterocycles. The number of carbonyl (C=O) groups excluding carboxylic acids is 1. The second-order valence-corrected chi connectivity index (χ2v) is 9.49. The third-order valence-electron chi connectivity index (χ3n) is 7.78. The van der Waals surface area contributed by atoms with Crippen molar-refractivity contribution in [2.75, 3.05) is 19.6 Å². The zero-order chi connectivity index (χ0) is 20.6. The predicted molar refractivity (Wildman–Crippen MR) is 118 cm³/mol. The maximum Gasteiger partial charge on any atom is 0.274 e. The van der Waals surface area contributed by atoms with Crippen LogP contribution in [0.15, 0.2) is 42.6 Å². The van der Waals surface area contributed by atoms with Gasteiger partial charge in [-0.15, -0.1) is 0 Å². The summed E-state index contributed by atoms with van der Waals surface area (Å²) in [6.45, 7) is 5.77. The zero-order valence-corrected chi connectivity index (χ0v) is 18.2. The van der Waals surface area contributed by atoms with Crippen LogP contribution >= 0.6 is 0 Å². The Balaban J connectivity index is 1.26. The average molecular weight is 407 g/mol. The molecule has 3 fully saturated rings. The van der Waals surface area contributed by atoms with E-state index in [1.807, 2.05) is 28.8 Å². The highest BCUT2D eigenvalue weighted by Crippen LogP contribution is 2.58. The Hall–Kier alpha value is -2.14. The highest BCUT2D eigenvalue weighted by Gasteiger charge is 2.54. The van der Waals surface area contributed by atoms with Crippen molar-refractivity contribution in [2.24, 2.45) is 5.41 Å². The molecule has 5 rings (SSSR count). The monoisotopic (exact) mass is 406 g/mol. The van der Waals surface area contributed by atoms with Crippen LogP contribution in [-0.4, -0.2) is 51.2 Å². The number of amides is 1. The van der Waals surface area contributed by atoms with E-state index < -0.39 is 0 Å². The van der Waals surface area contributed by atoms with Gasteiger partial charge in [-0.25, -0.2) is 0 Å². The lowest BCUT2D eigenvalue weighted by Gasteiger charge is -2.63. The Bertz CT molecular complexity index is 862. The average Bonchev–Trinajstić information content (AvgIpc) is 3.28. The number of benzene rings is 1. The van der Waals surface area contributed by atoms with Crippen molar-refractivity contribution >= 4 is 5.91 Å². The van der Waals surface area contributed by atoms with Crippen molar-refractivity contribution in [3.8, 4) is 0 Å². The molecule has 3 heterocycles. The maximum atomic E-state index is 12.9. The van der Waals surface area contributed by atoms with Gasteiger partial charge in [-0.1, -0.05) is 49.6 Å². The van der Waals surface area contributed by atoms with Crippen LogP contribution in [-0.2, 0) is 6.54 Å². The summed E-state index contributed by atoms with van der Waals surface area (Å²) in [4.78, 5) is 17.6. The molecule has 0 radical (unpaired) electrons. The molecule has 1 atom stereocenters. The number of nitrogens with zero attached hydrogens (tertiary/aromatic N) is 4. The Labute approximate surface area is 180 Å². The standard InChI is InChI=1S/C25H34N4O/c1-2-28-18-13-22(26-28)24(30)27-16-11-21(12-17-27)29-19-25(14-7-4-8-15-25)23(29)20-9-5-3-6-10-20/h3,5-6,9-10,13,18,21,23H,2,4,7-8,11-12,14-17,19H2,1H3. The minimum atomic E-state index is 0.0904. The lowest BCUT2D eigenvalue weighted by molar-refractivity contribution is -0.132. The first kappa shape index (κ1) is 19.8. The van der Waals surface area contributed by atoms with Crippen LogP contribution in [0.2, 0.25) is 0 Å². The molecule has 160 valence electrons. The van der Waals surface area contributed by atoms with Gasteiger partial charge in [-0.05, 0) is 44.2 Å². The Morgan fingerprint density at radius 3 is 2.47 bits per heavy atom. The van der Waals surface area contributed by atoms with Gasteiger partial charge in [-0.2, -0.15) is 5.10 Å². The zero-order valence-electron chi connectivity index (χ0n) is 18.2. The number of piperidine rings is 1. The number of likely N-dealkylation sites (tertiary alicyclic amines) is 2. The van der Waals surface area contributed by atoms with Crippen molar-refractivity contribution in [3.63, 3.8) is 0 Å². The lowest BCUT2D eigenvalue weighted by Crippen LogP contribution is -2.63. The van der Waals surface area contributed by atoms with Crippen LogP contribution < -0.4 is 0 Å². The topological polar surface area (TPSA) is 41.4 Å². The molecule has 0 N–H and O–H groups in total. The van der Waals surface area contributed by atoms with Gasteiger partial charge >= 0.3 is 0 Å². The largest absolute Gasteiger partial charge is 0.337 e. The maximum absolute atomic E-state index is 12.9. The summed E-state index contributed by atoms with van der Waals surface area (Å²) in [6, 6.07) is 14.2. The quantitative estimate of drug-likeness (QED) is 0.750. The van der Waals surface area contributed by atoms with Gasteiger partial charge in [-0.3, -0.25) is 14.4 Å². The van der Waals surface area contributed by atoms with Crippen LogP contribution in [0.3, 0.4) is 0 Å². The van der Waals surface area contributed by atoms with Gasteiger partial charge in [0.2, 0.25) is 0 Å². The predicted octanol–water partition coefficient (Wildman–Crippen LogP) is 4.52. The summed E-state index contributed by atoms with van der Waals surface area (Å²) in [5.41, 5.74) is 2.57. The van der Waals surface area contributed by atoms with Gasteiger partial charge in [0.05, 0.1) is 0 Å². The Kier molecular flexibility index (Phi) is 5.40. The molecule has 5 heteroatoms. The SMILES string of the molecule is CCn1ccc(C(=O)N2CCC(N3CC4(CCCCC4)C3c3ccccc3)CC2)n1. The van der Waals surface area contributed by atoms with E-state index in [1.165, 1.54) is 44.2 Å². The smallest absolute Gasteiger partial charge is 0.274 e. The minimum Gasteiger partial charge on any atom is -0.337 e. The molecule has 30 heavy (non-hydrogen) atoms. The number of aryl methyl sites for hydroxylation is 1. The Morgan fingerprint density at radius 1 is 1.07 bits per heavy atom. The molecule has 3 aliphatic rings. The van der Waals surface area contributed by atoms with Gasteiger partial charge in [0.25, 0.3) is 5.91 Å². The third kappa shape index (κ3) is 3.47. The van der Waals surface area contributed by atoms with E-state index in [2.05, 4.69) is 40.3 Å². The first-order chi connectivity index (χ1) is 14.7. The molecule has 1 saturated carbocycles. The van der Waals surface area contributed by atoms with Crippen molar-refractivity contribution in [3.05, 3.63) is 53.9 Å². The number of hydrogen-bond donors (Lipinski definition) is 0. The molecule has 1 amide bonds. The lowest BCUT2D eigenvalue weighted by atomic mass is 9.60. The highest BCUT2D eigenvalue weighted by molar-refractivity contribution is 5.92. The van der Waals surface area contributed by atoms with Crippen molar-refractivity contribution < 1.29 is 4.79 Å². The van der Waals surface area contributed by atoms with Gasteiger partial charge in [0.1, 0.15) is 5.69 Å². The molecule has 1 unspecified atom stereocenters. The molecule has 1 aliphatic carbocycles. The van der Waals surface area contributed by atoms with Crippen LogP contribution in [0.25, 0.3) is 0 Å². The fourth-order valence-corrected chi connectivity index (χ4v) is 6.20. The number of aromatic nitrogens is 2. The van der Waals surface area contributed by atoms with Crippen LogP contribution in [0.1, 0.15) is 74.0 Å². The second kappa shape index (κ2) is 8.18. The summed E-state index contributed by atoms with van der Waals surface area (Å²) in [5, 5.41) is 4.41. The molecule has 1 aromatic carbocycles. The van der Waals surface area contributed by atoms with E-state index in [0.717, 1.165) is 32.5 Å². The molecular weight excluding hydrogens is 372 g/mol. The summed E-state index contributed by atoms with van der Waals surface area (Å²) in [7, 11) is 0. The molecule has 1 spiro atoms. The first-order valence-corrected chi connectivity index (χ1v) is 11.8. The second-order valence-electron chi connectivity index (χ2n) is 9.49. The van der Waals surface area contributed by atoms with E-state index >= 15 is 0 Å². The molecule has 2 saturated heterocycles. The number of carbonyl (C=O) groups is 1. The van der Waals surface area contributed by atoms with Gasteiger partial charge in [0, 0.05) is 49.9 Å². The molecular formula is C25H34N4O. The van der Waals surface area contributed by atoms with Crippen LogP contribution in [0.5, 0.6) is 0 Å². The summed E-state index contributed by atoms with van der Waals surface area (Å²) in [5.74, 6) is 0.0904. The minimum absolute atomic E-state index is 0.0904. The number of hydrogen-bond acceptors (Lipinski definition) is 3. The summed E-state index contributed by atoms with van der Waals surface area (Å²) in [6.07, 6.45) is 11.0. The van der Waals surface area contributed by atoms with E-state index in [0.29, 0.717) is 23.2 Å². The van der Waals surface area contributed by atoms with E-state index in [-0.39, 0.29) is 5.91 Å². The highest BCUT2D eigenvalue weighted by atomic mass is 16.2. The van der Waals surface area contributed by atoms with E-state index in [9.17, 15) is 4.79 Å². The first-order valence-electron chi connectivity index (χ1n) is 11.8. The van der Waals surface area contributed by atoms with E-state index in [4.69, 9.17) is 0 Å². The third-order valence-corrected chi connectivity index (χ3v) is 7.78. The van der Waals surface area contributed by atoms with Crippen LogP contribution in [0.4, 0.5) is 0 Å². The number of rotatable bonds is 4. The van der Waals surface area contributed by atoms with Crippen molar-refractivity contribution in [2.45, 2.75) is 70.5 Å². The summed E-state index contributed by atoms with van der Waals surface area (Å²) >= 11 is 0. The molecule has 1 aromatic heterocycles. The Morgan fingerprint density at radius 2 is 1.80 bits per heavy atom. The van der Waals surface area contributed by atoms with Crippen molar-refractivity contribution in [1.82, 2.24) is 19.6 Å². The van der Waals surface area contributed by atoms with Crippen LogP contribution in [0, 0.1) is 5.41 Å². The summed E-state index contributed by atoms with van der Waals surface area (Å²) < 4.78 is 1.83. The molecule has 0 bridgehead atoms. The molecule has 5 nitrogen and oxygen atoms in total. The van der Waals surface area contributed by atoms with Gasteiger partial charge in [0.15, 0.2) is 0 Å². The van der Waals surface area contributed by atoms with E-state index in [1.54, 1.807) is 0 Å². The fourth-order valence-electron chi connectivity index (χ4n) is 6.20. The normalized spacial score (nSPS) is 24.7.